The number of nitrogens with one attached hydrogen (secondary N) is 1. The lowest BCUT2D eigenvalue weighted by Crippen LogP contribution is -2.54. The molecular weight excluding hydrogens is 256 g/mol. The highest BCUT2D eigenvalue weighted by molar-refractivity contribution is 5.74. The summed E-state index contributed by atoms with van der Waals surface area (Å²) in [7, 11) is 1.87. The molecule has 1 aliphatic rings. The minimum atomic E-state index is -0.229. The maximum atomic E-state index is 12.3. The third-order valence-electron chi connectivity index (χ3n) is 3.94. The van der Waals surface area contributed by atoms with Gasteiger partial charge in [0.2, 0.25) is 0 Å². The zero-order chi connectivity index (χ0) is 14.8. The summed E-state index contributed by atoms with van der Waals surface area (Å²) < 4.78 is 7.49. The van der Waals surface area contributed by atoms with Crippen molar-refractivity contribution in [1.82, 2.24) is 20.0 Å². The van der Waals surface area contributed by atoms with E-state index in [0.717, 1.165) is 12.0 Å². The first-order valence-electron chi connectivity index (χ1n) is 7.11. The summed E-state index contributed by atoms with van der Waals surface area (Å²) in [6.07, 6.45) is 4.59. The van der Waals surface area contributed by atoms with Crippen LogP contribution in [-0.4, -0.2) is 46.0 Å². The molecule has 112 valence electrons. The Morgan fingerprint density at radius 1 is 1.65 bits per heavy atom. The molecule has 1 N–H and O–H groups in total. The van der Waals surface area contributed by atoms with Gasteiger partial charge >= 0.3 is 6.03 Å². The fourth-order valence-corrected chi connectivity index (χ4v) is 2.34. The lowest BCUT2D eigenvalue weighted by molar-refractivity contribution is -0.0874. The molecule has 0 saturated carbocycles. The lowest BCUT2D eigenvalue weighted by Gasteiger charge is -2.40. The zero-order valence-corrected chi connectivity index (χ0v) is 12.7. The third-order valence-corrected chi connectivity index (χ3v) is 3.94. The Hall–Kier alpha value is -1.56. The van der Waals surface area contributed by atoms with Crippen LogP contribution in [0.2, 0.25) is 0 Å². The van der Waals surface area contributed by atoms with Crippen LogP contribution in [0.3, 0.4) is 0 Å². The Bertz CT molecular complexity index is 473. The Morgan fingerprint density at radius 2 is 2.40 bits per heavy atom. The number of morpholine rings is 1. The van der Waals surface area contributed by atoms with E-state index >= 15 is 0 Å². The number of rotatable bonds is 3. The number of urea groups is 1. The average Bonchev–Trinajstić information content (AvgIpc) is 2.85. The first kappa shape index (κ1) is 14.8. The molecule has 1 aliphatic heterocycles. The standard InChI is InChI=1S/C14H24N4O2/c1-5-14(3)10-18(6-7-20-14)13(19)16-11(2)12-8-15-17(4)9-12/h8-9,11H,5-7,10H2,1-4H3,(H,16,19). The molecule has 2 unspecified atom stereocenters. The van der Waals surface area contributed by atoms with Gasteiger partial charge in [-0.15, -0.1) is 0 Å². The number of hydrogen-bond donors (Lipinski definition) is 1. The van der Waals surface area contributed by atoms with Crippen LogP contribution in [0.25, 0.3) is 0 Å². The minimum Gasteiger partial charge on any atom is -0.372 e. The molecule has 1 aromatic heterocycles. The average molecular weight is 280 g/mol. The number of ether oxygens (including phenoxy) is 1. The van der Waals surface area contributed by atoms with Crippen molar-refractivity contribution < 1.29 is 9.53 Å². The van der Waals surface area contributed by atoms with E-state index < -0.39 is 0 Å². The molecule has 6 heteroatoms. The summed E-state index contributed by atoms with van der Waals surface area (Å²) in [5, 5.41) is 7.14. The van der Waals surface area contributed by atoms with Crippen molar-refractivity contribution in [1.29, 1.82) is 0 Å². The normalized spacial score (nSPS) is 24.5. The maximum Gasteiger partial charge on any atom is 0.318 e. The highest BCUT2D eigenvalue weighted by Gasteiger charge is 2.32. The topological polar surface area (TPSA) is 59.4 Å². The molecule has 1 saturated heterocycles. The SMILES string of the molecule is CCC1(C)CN(C(=O)NC(C)c2cnn(C)c2)CCO1. The first-order chi connectivity index (χ1) is 9.43. The summed E-state index contributed by atoms with van der Waals surface area (Å²) in [4.78, 5) is 14.2. The first-order valence-corrected chi connectivity index (χ1v) is 7.11. The van der Waals surface area contributed by atoms with Crippen molar-refractivity contribution in [2.24, 2.45) is 7.05 Å². The second kappa shape index (κ2) is 5.83. The van der Waals surface area contributed by atoms with Crippen molar-refractivity contribution in [3.63, 3.8) is 0 Å². The van der Waals surface area contributed by atoms with Gasteiger partial charge in [0.05, 0.1) is 31.0 Å². The number of hydrogen-bond acceptors (Lipinski definition) is 3. The Morgan fingerprint density at radius 3 is 3.00 bits per heavy atom. The molecule has 2 heterocycles. The summed E-state index contributed by atoms with van der Waals surface area (Å²) in [5.41, 5.74) is 0.778. The van der Waals surface area contributed by atoms with Crippen LogP contribution in [0.5, 0.6) is 0 Å². The molecule has 0 spiro atoms. The number of carbonyl (C=O) groups is 1. The number of nitrogens with zero attached hydrogens (tertiary/aromatic N) is 3. The fourth-order valence-electron chi connectivity index (χ4n) is 2.34. The van der Waals surface area contributed by atoms with Crippen molar-refractivity contribution in [2.45, 2.75) is 38.8 Å². The van der Waals surface area contributed by atoms with Gasteiger partial charge in [-0.25, -0.2) is 4.79 Å². The Labute approximate surface area is 120 Å². The van der Waals surface area contributed by atoms with E-state index in [1.165, 1.54) is 0 Å². The molecule has 1 fully saturated rings. The van der Waals surface area contributed by atoms with Crippen molar-refractivity contribution in [3.8, 4) is 0 Å². The van der Waals surface area contributed by atoms with Crippen LogP contribution < -0.4 is 5.32 Å². The molecule has 0 aliphatic carbocycles. The summed E-state index contributed by atoms with van der Waals surface area (Å²) in [5.74, 6) is 0. The fraction of sp³-hybridized carbons (Fsp3) is 0.714. The Balaban J connectivity index is 1.94. The summed E-state index contributed by atoms with van der Waals surface area (Å²) >= 11 is 0. The van der Waals surface area contributed by atoms with Crippen LogP contribution in [0.15, 0.2) is 12.4 Å². The molecule has 0 aromatic carbocycles. The van der Waals surface area contributed by atoms with Gasteiger partial charge in [0, 0.05) is 25.4 Å². The summed E-state index contributed by atoms with van der Waals surface area (Å²) in [6.45, 7) is 7.97. The second-order valence-corrected chi connectivity index (χ2v) is 5.69. The quantitative estimate of drug-likeness (QED) is 0.916. The van der Waals surface area contributed by atoms with Crippen LogP contribution >= 0.6 is 0 Å². The van der Waals surface area contributed by atoms with Gasteiger partial charge in [-0.1, -0.05) is 6.92 Å². The van der Waals surface area contributed by atoms with Gasteiger partial charge in [0.15, 0.2) is 0 Å². The Kier molecular flexibility index (Phi) is 4.32. The molecule has 1 aromatic rings. The molecule has 0 radical (unpaired) electrons. The summed E-state index contributed by atoms with van der Waals surface area (Å²) in [6, 6.07) is -0.0868. The largest absolute Gasteiger partial charge is 0.372 e. The molecule has 0 bridgehead atoms. The van der Waals surface area contributed by atoms with Crippen LogP contribution in [0.1, 0.15) is 38.8 Å². The molecule has 2 amide bonds. The van der Waals surface area contributed by atoms with Crippen molar-refractivity contribution in [2.75, 3.05) is 19.7 Å². The van der Waals surface area contributed by atoms with E-state index in [1.807, 2.05) is 25.1 Å². The van der Waals surface area contributed by atoms with E-state index in [0.29, 0.717) is 19.7 Å². The van der Waals surface area contributed by atoms with Crippen LogP contribution in [0, 0.1) is 0 Å². The van der Waals surface area contributed by atoms with Crippen LogP contribution in [-0.2, 0) is 11.8 Å². The molecule has 6 nitrogen and oxygen atoms in total. The van der Waals surface area contributed by atoms with Crippen molar-refractivity contribution in [3.05, 3.63) is 18.0 Å². The third kappa shape index (κ3) is 3.30. The number of carbonyl (C=O) groups excluding carboxylic acids is 1. The monoisotopic (exact) mass is 280 g/mol. The number of amides is 2. The predicted octanol–water partition coefficient (Wildman–Crippen LogP) is 1.69. The lowest BCUT2D eigenvalue weighted by atomic mass is 10.0. The highest BCUT2D eigenvalue weighted by atomic mass is 16.5. The van der Waals surface area contributed by atoms with E-state index in [-0.39, 0.29) is 17.7 Å². The van der Waals surface area contributed by atoms with Gasteiger partial charge in [-0.2, -0.15) is 5.10 Å². The molecule has 20 heavy (non-hydrogen) atoms. The predicted molar refractivity (Wildman–Crippen MR) is 76.4 cm³/mol. The van der Waals surface area contributed by atoms with Gasteiger partial charge in [0.1, 0.15) is 0 Å². The van der Waals surface area contributed by atoms with E-state index in [2.05, 4.69) is 24.3 Å². The zero-order valence-electron chi connectivity index (χ0n) is 12.7. The van der Waals surface area contributed by atoms with Gasteiger partial charge in [-0.05, 0) is 20.3 Å². The van der Waals surface area contributed by atoms with Gasteiger partial charge in [-0.3, -0.25) is 4.68 Å². The molecular formula is C14H24N4O2. The number of aromatic nitrogens is 2. The number of aryl methyl sites for hydroxylation is 1. The van der Waals surface area contributed by atoms with Crippen LogP contribution in [0.4, 0.5) is 4.79 Å². The smallest absolute Gasteiger partial charge is 0.318 e. The van der Waals surface area contributed by atoms with Gasteiger partial charge in [0.25, 0.3) is 0 Å². The molecule has 2 atom stereocenters. The van der Waals surface area contributed by atoms with E-state index in [4.69, 9.17) is 4.74 Å². The van der Waals surface area contributed by atoms with E-state index in [1.54, 1.807) is 10.9 Å². The highest BCUT2D eigenvalue weighted by Crippen LogP contribution is 2.21. The van der Waals surface area contributed by atoms with Gasteiger partial charge < -0.3 is 15.0 Å². The minimum absolute atomic E-state index is 0.0377. The second-order valence-electron chi connectivity index (χ2n) is 5.69. The van der Waals surface area contributed by atoms with Crippen molar-refractivity contribution >= 4 is 6.03 Å². The van der Waals surface area contributed by atoms with E-state index in [9.17, 15) is 4.79 Å². The molecule has 2 rings (SSSR count). The maximum absolute atomic E-state index is 12.3.